The lowest BCUT2D eigenvalue weighted by atomic mass is 10.2. The normalized spacial score (nSPS) is 11.8. The first-order chi connectivity index (χ1) is 14.5. The number of nitriles is 1. The third-order valence-electron chi connectivity index (χ3n) is 4.57. The number of fused-ring (bicyclic) bond motifs is 1. The van der Waals surface area contributed by atoms with Gasteiger partial charge in [-0.25, -0.2) is 19.5 Å². The number of aromatic hydroxyl groups is 1. The van der Waals surface area contributed by atoms with Crippen molar-refractivity contribution in [3.63, 3.8) is 0 Å². The molecular formula is C20H19N9O. The van der Waals surface area contributed by atoms with Crippen LogP contribution < -0.4 is 16.4 Å². The molecule has 0 bridgehead atoms. The highest BCUT2D eigenvalue weighted by Crippen LogP contribution is 2.27. The molecule has 10 nitrogen and oxygen atoms in total. The Kier molecular flexibility index (Phi) is 4.77. The summed E-state index contributed by atoms with van der Waals surface area (Å²) in [5.41, 5.74) is 8.44. The van der Waals surface area contributed by atoms with E-state index in [1.807, 2.05) is 38.2 Å². The van der Waals surface area contributed by atoms with Crippen LogP contribution in [0.1, 0.15) is 29.9 Å². The van der Waals surface area contributed by atoms with Crippen molar-refractivity contribution < 1.29 is 5.11 Å². The van der Waals surface area contributed by atoms with Gasteiger partial charge in [0.05, 0.1) is 6.04 Å². The molecule has 0 saturated carbocycles. The molecule has 0 aliphatic rings. The first-order valence-electron chi connectivity index (χ1n) is 9.15. The molecule has 0 amide bonds. The number of nitrogens with one attached hydrogen (secondary N) is 2. The van der Waals surface area contributed by atoms with Gasteiger partial charge in [0.1, 0.15) is 40.9 Å². The zero-order valence-electron chi connectivity index (χ0n) is 16.3. The van der Waals surface area contributed by atoms with E-state index in [-0.39, 0.29) is 23.2 Å². The van der Waals surface area contributed by atoms with Crippen molar-refractivity contribution in [3.05, 3.63) is 59.8 Å². The fraction of sp³-hybridized carbons (Fsp3) is 0.150. The minimum Gasteiger partial charge on any atom is -0.508 e. The lowest BCUT2D eigenvalue weighted by Crippen LogP contribution is -2.16. The summed E-state index contributed by atoms with van der Waals surface area (Å²) in [4.78, 5) is 12.6. The molecule has 4 aromatic rings. The van der Waals surface area contributed by atoms with Gasteiger partial charge < -0.3 is 21.5 Å². The van der Waals surface area contributed by atoms with Gasteiger partial charge >= 0.3 is 0 Å². The van der Waals surface area contributed by atoms with E-state index in [1.54, 1.807) is 22.7 Å². The summed E-state index contributed by atoms with van der Waals surface area (Å²) in [7, 11) is 0. The van der Waals surface area contributed by atoms with Crippen LogP contribution in [0.2, 0.25) is 0 Å². The van der Waals surface area contributed by atoms with E-state index in [9.17, 15) is 10.4 Å². The predicted molar refractivity (Wildman–Crippen MR) is 112 cm³/mol. The van der Waals surface area contributed by atoms with Gasteiger partial charge in [-0.2, -0.15) is 10.4 Å². The Labute approximate surface area is 172 Å². The van der Waals surface area contributed by atoms with Gasteiger partial charge in [0.2, 0.25) is 0 Å². The van der Waals surface area contributed by atoms with Crippen LogP contribution in [0.5, 0.6) is 5.75 Å². The van der Waals surface area contributed by atoms with E-state index in [0.29, 0.717) is 23.1 Å². The van der Waals surface area contributed by atoms with Crippen molar-refractivity contribution >= 4 is 28.7 Å². The van der Waals surface area contributed by atoms with Crippen LogP contribution in [0.3, 0.4) is 0 Å². The zero-order valence-corrected chi connectivity index (χ0v) is 16.3. The predicted octanol–water partition coefficient (Wildman–Crippen LogP) is 2.90. The van der Waals surface area contributed by atoms with E-state index in [0.717, 1.165) is 11.1 Å². The first-order valence-corrected chi connectivity index (χ1v) is 9.15. The highest BCUT2D eigenvalue weighted by atomic mass is 16.3. The number of hydrogen-bond donors (Lipinski definition) is 4. The van der Waals surface area contributed by atoms with Crippen molar-refractivity contribution in [1.29, 1.82) is 5.26 Å². The fourth-order valence-corrected chi connectivity index (χ4v) is 3.07. The Morgan fingerprint density at radius 1 is 1.23 bits per heavy atom. The third-order valence-corrected chi connectivity index (χ3v) is 4.57. The van der Waals surface area contributed by atoms with Gasteiger partial charge in [-0.3, -0.25) is 0 Å². The zero-order chi connectivity index (χ0) is 21.3. The number of aryl methyl sites for hydroxylation is 1. The van der Waals surface area contributed by atoms with E-state index < -0.39 is 0 Å². The molecule has 5 N–H and O–H groups in total. The largest absolute Gasteiger partial charge is 0.508 e. The number of hydrogen-bond acceptors (Lipinski definition) is 9. The van der Waals surface area contributed by atoms with Gasteiger partial charge in [0.15, 0.2) is 11.6 Å². The van der Waals surface area contributed by atoms with Crippen LogP contribution in [0, 0.1) is 18.3 Å². The Morgan fingerprint density at radius 2 is 2.07 bits per heavy atom. The Morgan fingerprint density at radius 3 is 2.83 bits per heavy atom. The lowest BCUT2D eigenvalue weighted by Gasteiger charge is -2.17. The molecular weight excluding hydrogens is 382 g/mol. The first kappa shape index (κ1) is 18.9. The molecule has 0 fully saturated rings. The summed E-state index contributed by atoms with van der Waals surface area (Å²) < 4.78 is 1.74. The van der Waals surface area contributed by atoms with Gasteiger partial charge in [-0.05, 0) is 37.6 Å². The van der Waals surface area contributed by atoms with Gasteiger partial charge in [-0.1, -0.05) is 6.07 Å². The summed E-state index contributed by atoms with van der Waals surface area (Å²) in [6.07, 6.45) is 3.14. The highest BCUT2D eigenvalue weighted by Gasteiger charge is 2.18. The summed E-state index contributed by atoms with van der Waals surface area (Å²) in [6.45, 7) is 3.83. The standard InChI is InChI=1S/C20H19N9O/c1-11-6-7-29-16(11)20(26-13-4-3-5-14(30)8-13)27-18(28-29)12(2)25-19-15(9-21)17(22)23-10-24-19/h3-8,10,12,30H,1-2H3,(H,26,27,28)(H3,22,23,24,25). The number of benzene rings is 1. The lowest BCUT2D eigenvalue weighted by molar-refractivity contribution is 0.475. The number of nitrogen functional groups attached to an aromatic ring is 1. The molecule has 0 radical (unpaired) electrons. The maximum Gasteiger partial charge on any atom is 0.173 e. The second-order valence-electron chi connectivity index (χ2n) is 6.75. The van der Waals surface area contributed by atoms with E-state index in [2.05, 4.69) is 30.7 Å². The van der Waals surface area contributed by atoms with Crippen LogP contribution in [0.4, 0.5) is 23.1 Å². The molecule has 150 valence electrons. The molecule has 1 unspecified atom stereocenters. The van der Waals surface area contributed by atoms with Crippen LogP contribution in [-0.4, -0.2) is 29.7 Å². The Bertz CT molecular complexity index is 1280. The molecule has 3 aromatic heterocycles. The van der Waals surface area contributed by atoms with Crippen molar-refractivity contribution in [2.24, 2.45) is 0 Å². The van der Waals surface area contributed by atoms with Crippen molar-refractivity contribution in [1.82, 2.24) is 24.6 Å². The number of rotatable bonds is 5. The summed E-state index contributed by atoms with van der Waals surface area (Å²) in [5, 5.41) is 30.1. The van der Waals surface area contributed by atoms with Crippen LogP contribution >= 0.6 is 0 Å². The average molecular weight is 401 g/mol. The molecule has 10 heteroatoms. The van der Waals surface area contributed by atoms with Crippen molar-refractivity contribution in [2.75, 3.05) is 16.4 Å². The summed E-state index contributed by atoms with van der Waals surface area (Å²) >= 11 is 0. The monoisotopic (exact) mass is 401 g/mol. The van der Waals surface area contributed by atoms with E-state index in [4.69, 9.17) is 5.73 Å². The molecule has 1 aromatic carbocycles. The van der Waals surface area contributed by atoms with Crippen molar-refractivity contribution in [2.45, 2.75) is 19.9 Å². The van der Waals surface area contributed by atoms with Crippen LogP contribution in [-0.2, 0) is 0 Å². The number of phenols is 1. The van der Waals surface area contributed by atoms with Gasteiger partial charge in [0.25, 0.3) is 0 Å². The third kappa shape index (κ3) is 3.51. The second-order valence-corrected chi connectivity index (χ2v) is 6.75. The topological polar surface area (TPSA) is 150 Å². The summed E-state index contributed by atoms with van der Waals surface area (Å²) in [6, 6.07) is 10.4. The summed E-state index contributed by atoms with van der Waals surface area (Å²) in [5.74, 6) is 1.63. The number of nitrogens with zero attached hydrogens (tertiary/aromatic N) is 6. The van der Waals surface area contributed by atoms with E-state index >= 15 is 0 Å². The molecule has 0 aliphatic heterocycles. The van der Waals surface area contributed by atoms with E-state index in [1.165, 1.54) is 6.33 Å². The van der Waals surface area contributed by atoms with Gasteiger partial charge in [0, 0.05) is 18.0 Å². The number of aromatic nitrogens is 5. The SMILES string of the molecule is Cc1ccn2nc(C(C)Nc3ncnc(N)c3C#N)nc(Nc3cccc(O)c3)c12. The minimum atomic E-state index is -0.386. The van der Waals surface area contributed by atoms with Crippen molar-refractivity contribution in [3.8, 4) is 11.8 Å². The molecule has 3 heterocycles. The highest BCUT2D eigenvalue weighted by molar-refractivity contribution is 5.76. The average Bonchev–Trinajstić information content (AvgIpc) is 3.09. The molecule has 0 spiro atoms. The molecule has 0 aliphatic carbocycles. The number of nitrogens with two attached hydrogens (primary N) is 1. The molecule has 30 heavy (non-hydrogen) atoms. The van der Waals surface area contributed by atoms with Gasteiger partial charge in [-0.15, -0.1) is 0 Å². The quantitative estimate of drug-likeness (QED) is 0.396. The minimum absolute atomic E-state index is 0.103. The van der Waals surface area contributed by atoms with Crippen LogP contribution in [0.25, 0.3) is 5.52 Å². The maximum absolute atomic E-state index is 9.76. The van der Waals surface area contributed by atoms with Crippen LogP contribution in [0.15, 0.2) is 42.9 Å². The fourth-order valence-electron chi connectivity index (χ4n) is 3.07. The molecule has 0 saturated heterocycles. The maximum atomic E-state index is 9.76. The number of phenolic OH excluding ortho intramolecular Hbond substituents is 1. The second kappa shape index (κ2) is 7.56. The Hall–Kier alpha value is -4.39. The molecule has 4 rings (SSSR count). The number of anilines is 4. The smallest absolute Gasteiger partial charge is 0.173 e. The molecule has 1 atom stereocenters. The Balaban J connectivity index is 1.73.